The van der Waals surface area contributed by atoms with Crippen LogP contribution in [0.1, 0.15) is 61.0 Å². The highest BCUT2D eigenvalue weighted by atomic mass is 31.2. The number of benzene rings is 2. The lowest BCUT2D eigenvalue weighted by molar-refractivity contribution is 0.103. The van der Waals surface area contributed by atoms with Crippen molar-refractivity contribution in [2.45, 2.75) is 48.5 Å². The molecule has 0 radical (unpaired) electrons. The molecule has 2 aromatic carbocycles. The molecule has 0 atom stereocenters. The molecule has 0 aromatic heterocycles. The second-order valence-corrected chi connectivity index (χ2v) is 10.6. The van der Waals surface area contributed by atoms with Crippen LogP contribution in [0.4, 0.5) is 0 Å². The van der Waals surface area contributed by atoms with E-state index in [0.717, 1.165) is 11.1 Å². The van der Waals surface area contributed by atoms with Crippen molar-refractivity contribution in [1.82, 2.24) is 0 Å². The molecular weight excluding hydrogens is 403 g/mol. The molecule has 31 heavy (non-hydrogen) atoms. The summed E-state index contributed by atoms with van der Waals surface area (Å²) in [4.78, 5) is 27.8. The minimum Gasteiger partial charge on any atom is -0.302 e. The predicted octanol–water partition coefficient (Wildman–Crippen LogP) is 7.53. The zero-order valence-electron chi connectivity index (χ0n) is 19.5. The van der Waals surface area contributed by atoms with Crippen LogP contribution in [0.25, 0.3) is 0 Å². The highest BCUT2D eigenvalue weighted by molar-refractivity contribution is 7.98. The summed E-state index contributed by atoms with van der Waals surface area (Å²) in [5.74, 6) is 0. The van der Waals surface area contributed by atoms with E-state index in [1.54, 1.807) is 18.2 Å². The molecule has 2 rings (SSSR count). The van der Waals surface area contributed by atoms with Crippen molar-refractivity contribution in [1.29, 1.82) is 0 Å². The summed E-state index contributed by atoms with van der Waals surface area (Å²) in [5, 5.41) is 0.152. The number of carbonyl (C=O) groups is 2. The van der Waals surface area contributed by atoms with Crippen molar-refractivity contribution in [3.63, 3.8) is 0 Å². The number of aryl methyl sites for hydroxylation is 6. The highest BCUT2D eigenvalue weighted by Gasteiger charge is 2.45. The van der Waals surface area contributed by atoms with Gasteiger partial charge in [0.1, 0.15) is 0 Å². The molecule has 0 unspecified atom stereocenters. The molecule has 0 spiro atoms. The minimum absolute atomic E-state index is 0.152. The average molecular weight is 435 g/mol. The van der Waals surface area contributed by atoms with Gasteiger partial charge >= 0.3 is 0 Å². The Morgan fingerprint density at radius 1 is 0.774 bits per heavy atom. The van der Waals surface area contributed by atoms with E-state index in [4.69, 9.17) is 0 Å². The van der Waals surface area contributed by atoms with Crippen molar-refractivity contribution in [3.05, 3.63) is 105 Å². The van der Waals surface area contributed by atoms with Crippen LogP contribution in [0.3, 0.4) is 0 Å². The normalized spacial score (nSPS) is 12.3. The van der Waals surface area contributed by atoms with Gasteiger partial charge in [0, 0.05) is 16.4 Å². The summed E-state index contributed by atoms with van der Waals surface area (Å²) in [6, 6.07) is 7.50. The maximum atomic E-state index is 14.6. The van der Waals surface area contributed by atoms with Crippen molar-refractivity contribution in [2.75, 3.05) is 0 Å². The molecule has 0 bridgehead atoms. The first-order valence-electron chi connectivity index (χ1n) is 10.3. The van der Waals surface area contributed by atoms with Crippen LogP contribution in [0.2, 0.25) is 0 Å². The lowest BCUT2D eigenvalue weighted by Gasteiger charge is -2.22. The Morgan fingerprint density at radius 3 is 1.42 bits per heavy atom. The third-order valence-corrected chi connectivity index (χ3v) is 8.04. The second kappa shape index (κ2) is 9.58. The van der Waals surface area contributed by atoms with E-state index in [1.165, 1.54) is 6.08 Å². The fourth-order valence-corrected chi connectivity index (χ4v) is 6.71. The van der Waals surface area contributed by atoms with E-state index in [0.29, 0.717) is 33.4 Å². The fraction of sp³-hybridized carbons (Fsp3) is 0.259. The molecule has 0 heterocycles. The highest BCUT2D eigenvalue weighted by Crippen LogP contribution is 2.60. The monoisotopic (exact) mass is 434 g/mol. The summed E-state index contributed by atoms with van der Waals surface area (Å²) in [7, 11) is -4.21. The molecule has 0 aliphatic heterocycles. The van der Waals surface area contributed by atoms with Gasteiger partial charge in [-0.05, 0) is 70.7 Å². The van der Waals surface area contributed by atoms with Crippen LogP contribution in [-0.2, 0) is 4.57 Å². The molecule has 162 valence electrons. The van der Waals surface area contributed by atoms with Gasteiger partial charge < -0.3 is 4.57 Å². The van der Waals surface area contributed by atoms with E-state index >= 15 is 0 Å². The number of hydrogen-bond donors (Lipinski definition) is 0. The Morgan fingerprint density at radius 2 is 1.13 bits per heavy atom. The first-order valence-corrected chi connectivity index (χ1v) is 12.0. The van der Waals surface area contributed by atoms with Crippen molar-refractivity contribution in [3.8, 4) is 0 Å². The molecule has 3 nitrogen and oxygen atoms in total. The Kier molecular flexibility index (Phi) is 7.57. The van der Waals surface area contributed by atoms with E-state index in [1.807, 2.05) is 72.7 Å². The topological polar surface area (TPSA) is 51.2 Å². The Balaban J connectivity index is 2.90. The Labute approximate surface area is 186 Å². The second-order valence-electron chi connectivity index (χ2n) is 8.09. The van der Waals surface area contributed by atoms with Gasteiger partial charge in [-0.2, -0.15) is 0 Å². The lowest BCUT2D eigenvalue weighted by Crippen LogP contribution is -2.16. The number of rotatable bonds is 7. The van der Waals surface area contributed by atoms with Gasteiger partial charge in [-0.3, -0.25) is 9.59 Å². The summed E-state index contributed by atoms with van der Waals surface area (Å²) in [5.41, 5.74) is 4.27. The number of hydrogen-bond acceptors (Lipinski definition) is 3. The van der Waals surface area contributed by atoms with Crippen LogP contribution in [0.15, 0.2) is 60.5 Å². The molecule has 0 amide bonds. The Bertz CT molecular complexity index is 1060. The predicted molar refractivity (Wildman–Crippen MR) is 131 cm³/mol. The van der Waals surface area contributed by atoms with Gasteiger partial charge in [-0.15, -0.1) is 0 Å². The molecule has 0 saturated carbocycles. The van der Waals surface area contributed by atoms with E-state index in [9.17, 15) is 14.2 Å². The molecule has 0 saturated heterocycles. The van der Waals surface area contributed by atoms with Gasteiger partial charge in [-0.25, -0.2) is 0 Å². The minimum atomic E-state index is -4.21. The van der Waals surface area contributed by atoms with Gasteiger partial charge in [0.2, 0.25) is 18.2 Å². The molecule has 0 aliphatic rings. The molecular formula is C27H31O3P. The third-order valence-electron chi connectivity index (χ3n) is 5.39. The van der Waals surface area contributed by atoms with Gasteiger partial charge in [0.25, 0.3) is 0 Å². The zero-order chi connectivity index (χ0) is 23.5. The summed E-state index contributed by atoms with van der Waals surface area (Å²) >= 11 is 0. The summed E-state index contributed by atoms with van der Waals surface area (Å²) in [6.07, 6.45) is 6.36. The standard InChI is InChI=1S/C27H31O3P/c1-9-11-12-23(10-2)31(30,26(28)24-19(5)13-17(3)14-20(24)6)27(29)25-21(7)15-18(4)16-22(25)8/h9-16H,2H2,1,3-8H3/b11-9-,23-12+. The first kappa shape index (κ1) is 24.5. The van der Waals surface area contributed by atoms with Crippen LogP contribution in [0, 0.1) is 41.5 Å². The molecule has 0 fully saturated rings. The molecule has 4 heteroatoms. The largest absolute Gasteiger partial charge is 0.302 e. The Hall–Kier alpha value is -2.77. The first-order chi connectivity index (χ1) is 14.5. The smallest absolute Gasteiger partial charge is 0.248 e. The molecule has 0 aliphatic carbocycles. The van der Waals surface area contributed by atoms with Crippen molar-refractivity contribution < 1.29 is 14.2 Å². The number of carbonyl (C=O) groups excluding carboxylic acids is 2. The fourth-order valence-electron chi connectivity index (χ4n) is 4.17. The van der Waals surface area contributed by atoms with E-state index < -0.39 is 18.2 Å². The van der Waals surface area contributed by atoms with Gasteiger partial charge in [0.15, 0.2) is 0 Å². The quantitative estimate of drug-likeness (QED) is 0.334. The van der Waals surface area contributed by atoms with Crippen LogP contribution in [-0.4, -0.2) is 11.0 Å². The van der Waals surface area contributed by atoms with Crippen molar-refractivity contribution in [2.24, 2.45) is 0 Å². The van der Waals surface area contributed by atoms with Crippen LogP contribution >= 0.6 is 7.14 Å². The number of allylic oxidation sites excluding steroid dienone is 5. The van der Waals surface area contributed by atoms with Gasteiger partial charge in [-0.1, -0.05) is 66.3 Å². The summed E-state index contributed by atoms with van der Waals surface area (Å²) in [6.45, 7) is 16.7. The zero-order valence-corrected chi connectivity index (χ0v) is 20.4. The third kappa shape index (κ3) is 4.62. The maximum absolute atomic E-state index is 14.6. The van der Waals surface area contributed by atoms with E-state index in [2.05, 4.69) is 6.58 Å². The van der Waals surface area contributed by atoms with Crippen molar-refractivity contribution >= 4 is 18.2 Å². The molecule has 0 N–H and O–H groups in total. The van der Waals surface area contributed by atoms with Crippen LogP contribution in [0.5, 0.6) is 0 Å². The lowest BCUT2D eigenvalue weighted by atomic mass is 10.0. The van der Waals surface area contributed by atoms with Gasteiger partial charge in [0.05, 0.1) is 0 Å². The average Bonchev–Trinajstić information content (AvgIpc) is 2.66. The van der Waals surface area contributed by atoms with E-state index in [-0.39, 0.29) is 5.31 Å². The molecule has 2 aromatic rings. The maximum Gasteiger partial charge on any atom is 0.248 e. The SMILES string of the molecule is C=C/C(=C\C=C/C)P(=O)(C(=O)c1c(C)cc(C)cc1C)C(=O)c1c(C)cc(C)cc1C. The summed E-state index contributed by atoms with van der Waals surface area (Å²) < 4.78 is 14.6. The van der Waals surface area contributed by atoms with Crippen LogP contribution < -0.4 is 0 Å².